The van der Waals surface area contributed by atoms with Gasteiger partial charge >= 0.3 is 0 Å². The van der Waals surface area contributed by atoms with E-state index in [1.807, 2.05) is 32.0 Å². The van der Waals surface area contributed by atoms with Crippen molar-refractivity contribution in [1.29, 1.82) is 0 Å². The second-order valence-corrected chi connectivity index (χ2v) is 8.73. The number of nitrogens with zero attached hydrogens (tertiary/aromatic N) is 2. The van der Waals surface area contributed by atoms with Crippen LogP contribution in [-0.2, 0) is 10.2 Å². The number of rotatable bonds is 7. The largest absolute Gasteiger partial charge is 0.356 e. The second-order valence-electron chi connectivity index (χ2n) is 8.32. The van der Waals surface area contributed by atoms with Gasteiger partial charge in [-0.15, -0.1) is 0 Å². The van der Waals surface area contributed by atoms with Crippen LogP contribution in [0.25, 0.3) is 11.0 Å². The van der Waals surface area contributed by atoms with E-state index >= 15 is 0 Å². The quantitative estimate of drug-likeness (QED) is 0.724. The lowest BCUT2D eigenvalue weighted by molar-refractivity contribution is -0.124. The summed E-state index contributed by atoms with van der Waals surface area (Å²) >= 11 is 6.34. The lowest BCUT2D eigenvalue weighted by Crippen LogP contribution is -2.41. The van der Waals surface area contributed by atoms with E-state index < -0.39 is 5.41 Å². The van der Waals surface area contributed by atoms with Gasteiger partial charge < -0.3 is 9.42 Å². The average molecular weight is 361 g/mol. The molecule has 0 spiro atoms. The number of likely N-dealkylation sites (tertiary alicyclic amines) is 1. The van der Waals surface area contributed by atoms with E-state index in [1.54, 1.807) is 0 Å². The van der Waals surface area contributed by atoms with Gasteiger partial charge in [0.25, 0.3) is 0 Å². The Morgan fingerprint density at radius 2 is 2.12 bits per heavy atom. The van der Waals surface area contributed by atoms with Gasteiger partial charge in [0, 0.05) is 13.0 Å². The van der Waals surface area contributed by atoms with Gasteiger partial charge in [0.2, 0.25) is 0 Å². The number of halogens is 1. The van der Waals surface area contributed by atoms with Crippen molar-refractivity contribution < 1.29 is 9.32 Å². The Labute approximate surface area is 153 Å². The SMILES string of the molecule is CC(C)(C(=O)CCC1(CN2CCC2)CC1)c1noc2cccc(Cl)c12. The first kappa shape index (κ1) is 17.0. The number of Topliss-reactive ketones (excluding diaryl/α,β-unsaturated/α-hetero) is 1. The minimum atomic E-state index is -0.691. The Morgan fingerprint density at radius 1 is 1.36 bits per heavy atom. The van der Waals surface area contributed by atoms with Crippen LogP contribution in [0.15, 0.2) is 22.7 Å². The van der Waals surface area contributed by atoms with Crippen LogP contribution in [0.2, 0.25) is 5.02 Å². The molecule has 2 aliphatic rings. The third-order valence-corrected chi connectivity index (χ3v) is 6.40. The van der Waals surface area contributed by atoms with Gasteiger partial charge in [0.1, 0.15) is 11.5 Å². The third-order valence-electron chi connectivity index (χ3n) is 6.08. The molecule has 1 saturated carbocycles. The van der Waals surface area contributed by atoms with Crippen LogP contribution in [0.5, 0.6) is 0 Å². The van der Waals surface area contributed by atoms with E-state index in [0.717, 1.165) is 11.8 Å². The van der Waals surface area contributed by atoms with Gasteiger partial charge in [-0.2, -0.15) is 0 Å². The lowest BCUT2D eigenvalue weighted by Gasteiger charge is -2.34. The molecule has 0 unspecified atom stereocenters. The molecule has 1 aromatic carbocycles. The zero-order chi connectivity index (χ0) is 17.7. The molecule has 2 fully saturated rings. The molecule has 0 amide bonds. The maximum Gasteiger partial charge on any atom is 0.168 e. The summed E-state index contributed by atoms with van der Waals surface area (Å²) in [6, 6.07) is 5.49. The fourth-order valence-corrected chi connectivity index (χ4v) is 4.13. The Kier molecular flexibility index (Phi) is 4.16. The van der Waals surface area contributed by atoms with E-state index in [1.165, 1.54) is 38.9 Å². The zero-order valence-electron chi connectivity index (χ0n) is 15.0. The summed E-state index contributed by atoms with van der Waals surface area (Å²) in [6.45, 7) is 7.49. The van der Waals surface area contributed by atoms with Crippen molar-refractivity contribution in [2.24, 2.45) is 5.41 Å². The minimum Gasteiger partial charge on any atom is -0.356 e. The summed E-state index contributed by atoms with van der Waals surface area (Å²) < 4.78 is 5.41. The topological polar surface area (TPSA) is 46.3 Å². The molecule has 1 aliphatic carbocycles. The van der Waals surface area contributed by atoms with Gasteiger partial charge in [0.05, 0.1) is 15.8 Å². The molecule has 0 N–H and O–H groups in total. The number of carbonyl (C=O) groups is 1. The van der Waals surface area contributed by atoms with Gasteiger partial charge in [-0.05, 0) is 70.2 Å². The van der Waals surface area contributed by atoms with E-state index in [9.17, 15) is 4.79 Å². The fourth-order valence-electron chi connectivity index (χ4n) is 3.88. The fraction of sp³-hybridized carbons (Fsp3) is 0.600. The molecule has 134 valence electrons. The number of benzene rings is 1. The molecule has 1 aliphatic heterocycles. The first-order valence-electron chi connectivity index (χ1n) is 9.21. The van der Waals surface area contributed by atoms with Gasteiger partial charge in [-0.1, -0.05) is 22.8 Å². The highest BCUT2D eigenvalue weighted by Gasteiger charge is 2.45. The highest BCUT2D eigenvalue weighted by Crippen LogP contribution is 2.51. The molecule has 5 heteroatoms. The van der Waals surface area contributed by atoms with Crippen LogP contribution in [0.3, 0.4) is 0 Å². The monoisotopic (exact) mass is 360 g/mol. The molecule has 0 bridgehead atoms. The molecular weight excluding hydrogens is 336 g/mol. The Balaban J connectivity index is 1.48. The third kappa shape index (κ3) is 3.11. The van der Waals surface area contributed by atoms with E-state index in [2.05, 4.69) is 10.1 Å². The minimum absolute atomic E-state index is 0.220. The highest BCUT2D eigenvalue weighted by atomic mass is 35.5. The van der Waals surface area contributed by atoms with Crippen molar-refractivity contribution in [1.82, 2.24) is 10.1 Å². The smallest absolute Gasteiger partial charge is 0.168 e. The summed E-state index contributed by atoms with van der Waals surface area (Å²) in [5.74, 6) is 0.220. The number of hydrogen-bond acceptors (Lipinski definition) is 4. The number of aromatic nitrogens is 1. The number of fused-ring (bicyclic) bond motifs is 1. The molecule has 4 rings (SSSR count). The molecule has 2 heterocycles. The number of ketones is 1. The van der Waals surface area contributed by atoms with Gasteiger partial charge in [-0.3, -0.25) is 4.79 Å². The van der Waals surface area contributed by atoms with Crippen LogP contribution >= 0.6 is 11.6 Å². The van der Waals surface area contributed by atoms with Crippen LogP contribution in [0.4, 0.5) is 0 Å². The number of carbonyl (C=O) groups excluding carboxylic acids is 1. The van der Waals surface area contributed by atoms with Crippen LogP contribution < -0.4 is 0 Å². The normalized spacial score (nSPS) is 19.8. The van der Waals surface area contributed by atoms with Gasteiger partial charge in [-0.25, -0.2) is 0 Å². The van der Waals surface area contributed by atoms with Crippen LogP contribution in [0, 0.1) is 5.41 Å². The summed E-state index contributed by atoms with van der Waals surface area (Å²) in [5, 5.41) is 5.55. The first-order valence-corrected chi connectivity index (χ1v) is 9.59. The molecule has 1 aromatic heterocycles. The summed E-state index contributed by atoms with van der Waals surface area (Å²) in [5.41, 5.74) is 0.990. The van der Waals surface area contributed by atoms with E-state index in [4.69, 9.17) is 16.1 Å². The van der Waals surface area contributed by atoms with Gasteiger partial charge in [0.15, 0.2) is 5.58 Å². The number of hydrogen-bond donors (Lipinski definition) is 0. The van der Waals surface area contributed by atoms with Crippen molar-refractivity contribution >= 4 is 28.4 Å². The molecule has 1 saturated heterocycles. The van der Waals surface area contributed by atoms with Crippen molar-refractivity contribution in [2.45, 2.75) is 51.4 Å². The lowest BCUT2D eigenvalue weighted by atomic mass is 9.79. The average Bonchev–Trinajstić information content (AvgIpc) is 3.16. The zero-order valence-corrected chi connectivity index (χ0v) is 15.7. The Bertz CT molecular complexity index is 803. The van der Waals surface area contributed by atoms with Crippen molar-refractivity contribution in [2.75, 3.05) is 19.6 Å². The Morgan fingerprint density at radius 3 is 2.76 bits per heavy atom. The molecule has 0 atom stereocenters. The Hall–Kier alpha value is -1.39. The maximum atomic E-state index is 13.0. The van der Waals surface area contributed by atoms with Crippen molar-refractivity contribution in [3.63, 3.8) is 0 Å². The molecule has 0 radical (unpaired) electrons. The van der Waals surface area contributed by atoms with Crippen LogP contribution in [0.1, 0.15) is 51.6 Å². The van der Waals surface area contributed by atoms with Crippen molar-refractivity contribution in [3.05, 3.63) is 28.9 Å². The second kappa shape index (κ2) is 6.10. The first-order chi connectivity index (χ1) is 11.9. The predicted octanol–water partition coefficient (Wildman–Crippen LogP) is 4.59. The molecular formula is C20H25ClN2O2. The predicted molar refractivity (Wildman–Crippen MR) is 99.0 cm³/mol. The molecule has 4 nitrogen and oxygen atoms in total. The molecule has 25 heavy (non-hydrogen) atoms. The summed E-state index contributed by atoms with van der Waals surface area (Å²) in [7, 11) is 0. The molecule has 2 aromatic rings. The van der Waals surface area contributed by atoms with Crippen molar-refractivity contribution in [3.8, 4) is 0 Å². The maximum absolute atomic E-state index is 13.0. The standard InChI is InChI=1S/C20H25ClN2O2/c1-19(2,18-17-14(21)5-3-6-15(17)25-22-18)16(24)7-8-20(9-10-20)13-23-11-4-12-23/h3,5-6H,4,7-13H2,1-2H3. The highest BCUT2D eigenvalue weighted by molar-refractivity contribution is 6.35. The van der Waals surface area contributed by atoms with Crippen LogP contribution in [-0.4, -0.2) is 35.5 Å². The van der Waals surface area contributed by atoms with E-state index in [-0.39, 0.29) is 5.78 Å². The van der Waals surface area contributed by atoms with E-state index in [0.29, 0.717) is 28.1 Å². The summed E-state index contributed by atoms with van der Waals surface area (Å²) in [4.78, 5) is 15.5. The summed E-state index contributed by atoms with van der Waals surface area (Å²) in [6.07, 6.45) is 5.42.